The van der Waals surface area contributed by atoms with Crippen LogP contribution in [0.25, 0.3) is 11.4 Å². The number of imide groups is 2. The van der Waals surface area contributed by atoms with Gasteiger partial charge in [0.1, 0.15) is 5.82 Å². The van der Waals surface area contributed by atoms with Gasteiger partial charge in [0, 0.05) is 37.1 Å². The van der Waals surface area contributed by atoms with Crippen LogP contribution in [0.2, 0.25) is 0 Å². The van der Waals surface area contributed by atoms with Crippen molar-refractivity contribution in [1.29, 1.82) is 0 Å². The summed E-state index contributed by atoms with van der Waals surface area (Å²) in [7, 11) is 0. The number of morpholine rings is 1. The average Bonchev–Trinajstić information content (AvgIpc) is 2.71. The van der Waals surface area contributed by atoms with Gasteiger partial charge < -0.3 is 9.64 Å². The molecule has 4 amide bonds. The number of pyridine rings is 1. The highest BCUT2D eigenvalue weighted by molar-refractivity contribution is 6.20. The maximum absolute atomic E-state index is 13.1. The van der Waals surface area contributed by atoms with Crippen LogP contribution in [0.3, 0.4) is 0 Å². The Labute approximate surface area is 172 Å². The van der Waals surface area contributed by atoms with E-state index in [2.05, 4.69) is 25.6 Å². The van der Waals surface area contributed by atoms with Gasteiger partial charge in [-0.1, -0.05) is 0 Å². The van der Waals surface area contributed by atoms with Crippen molar-refractivity contribution in [2.24, 2.45) is 5.41 Å². The third-order valence-electron chi connectivity index (χ3n) is 5.96. The summed E-state index contributed by atoms with van der Waals surface area (Å²) < 4.78 is 5.98. The Morgan fingerprint density at radius 1 is 1.10 bits per heavy atom. The number of barbiturate groups is 1. The standard InChI is InChI=1S/C20H20N6O4/c1-10-9-26-14(11(2)30-10)20(17(27)24-19(29)25-18(20)28)7-12-6-13(8-23-16(12)26)15-21-4-3-5-22-15/h3-6,8,10-11,14H,7,9H2,1-2H3,(H2,24,25,27,28,29)/t10-,11+,14-/m1/s1. The van der Waals surface area contributed by atoms with E-state index in [1.807, 2.05) is 24.8 Å². The maximum atomic E-state index is 13.1. The van der Waals surface area contributed by atoms with E-state index in [4.69, 9.17) is 4.74 Å². The molecule has 10 nitrogen and oxygen atoms in total. The minimum Gasteiger partial charge on any atom is -0.372 e. The number of nitrogens with zero attached hydrogens (tertiary/aromatic N) is 4. The maximum Gasteiger partial charge on any atom is 0.328 e. The molecule has 0 saturated carbocycles. The molecule has 2 N–H and O–H groups in total. The van der Waals surface area contributed by atoms with Gasteiger partial charge in [-0.2, -0.15) is 0 Å². The molecule has 1 spiro atoms. The predicted octanol–water partition coefficient (Wildman–Crippen LogP) is 0.429. The molecule has 3 aliphatic heterocycles. The van der Waals surface area contributed by atoms with Crippen LogP contribution in [0.4, 0.5) is 10.6 Å². The van der Waals surface area contributed by atoms with E-state index in [9.17, 15) is 14.4 Å². The molecular weight excluding hydrogens is 388 g/mol. The fourth-order valence-corrected chi connectivity index (χ4v) is 4.87. The summed E-state index contributed by atoms with van der Waals surface area (Å²) in [6, 6.07) is 2.17. The number of hydrogen-bond acceptors (Lipinski definition) is 8. The monoisotopic (exact) mass is 408 g/mol. The summed E-state index contributed by atoms with van der Waals surface area (Å²) in [5, 5.41) is 4.55. The number of aromatic nitrogens is 3. The van der Waals surface area contributed by atoms with Crippen LogP contribution in [-0.2, 0) is 20.7 Å². The van der Waals surface area contributed by atoms with E-state index in [1.165, 1.54) is 0 Å². The van der Waals surface area contributed by atoms with Gasteiger partial charge in [-0.25, -0.2) is 19.7 Å². The first-order valence-electron chi connectivity index (χ1n) is 9.75. The topological polar surface area (TPSA) is 126 Å². The summed E-state index contributed by atoms with van der Waals surface area (Å²) in [5.41, 5.74) is -0.111. The van der Waals surface area contributed by atoms with Crippen molar-refractivity contribution in [3.05, 3.63) is 36.3 Å². The van der Waals surface area contributed by atoms with Crippen molar-refractivity contribution in [3.63, 3.8) is 0 Å². The Balaban J connectivity index is 1.68. The zero-order valence-corrected chi connectivity index (χ0v) is 16.5. The van der Waals surface area contributed by atoms with Crippen molar-refractivity contribution >= 4 is 23.7 Å². The van der Waals surface area contributed by atoms with Gasteiger partial charge in [0.05, 0.1) is 18.2 Å². The number of hydrogen-bond donors (Lipinski definition) is 2. The van der Waals surface area contributed by atoms with E-state index in [-0.39, 0.29) is 12.5 Å². The normalized spacial score (nSPS) is 27.2. The first-order chi connectivity index (χ1) is 14.4. The SMILES string of the molecule is C[C@@H]1CN2c3ncc(-c4ncccn4)cc3CC3(C(=O)NC(=O)NC3=O)[C@H]2[C@H](C)O1. The van der Waals surface area contributed by atoms with Crippen LogP contribution >= 0.6 is 0 Å². The Bertz CT molecular complexity index is 1040. The van der Waals surface area contributed by atoms with Gasteiger partial charge in [0.25, 0.3) is 0 Å². The molecule has 5 rings (SSSR count). The fourth-order valence-electron chi connectivity index (χ4n) is 4.87. The minimum absolute atomic E-state index is 0.0875. The Hall–Kier alpha value is -3.40. The molecule has 2 aromatic heterocycles. The number of rotatable bonds is 1. The third kappa shape index (κ3) is 2.60. The summed E-state index contributed by atoms with van der Waals surface area (Å²) in [4.78, 5) is 53.1. The van der Waals surface area contributed by atoms with Gasteiger partial charge in [0.15, 0.2) is 11.2 Å². The van der Waals surface area contributed by atoms with E-state index in [1.54, 1.807) is 24.7 Å². The number of nitrogens with one attached hydrogen (secondary N) is 2. The van der Waals surface area contributed by atoms with Gasteiger partial charge in [0.2, 0.25) is 11.8 Å². The Morgan fingerprint density at radius 3 is 2.50 bits per heavy atom. The molecule has 154 valence electrons. The summed E-state index contributed by atoms with van der Waals surface area (Å²) in [5.74, 6) is -0.0447. The van der Waals surface area contributed by atoms with Crippen LogP contribution in [0, 0.1) is 5.41 Å². The molecule has 2 aromatic rings. The zero-order chi connectivity index (χ0) is 21.0. The van der Waals surface area contributed by atoms with Crippen molar-refractivity contribution in [1.82, 2.24) is 25.6 Å². The smallest absolute Gasteiger partial charge is 0.328 e. The van der Waals surface area contributed by atoms with E-state index in [0.717, 1.165) is 5.56 Å². The first-order valence-corrected chi connectivity index (χ1v) is 9.75. The van der Waals surface area contributed by atoms with Gasteiger partial charge in [-0.15, -0.1) is 0 Å². The second kappa shape index (κ2) is 6.56. The molecule has 2 saturated heterocycles. The molecule has 5 heterocycles. The van der Waals surface area contributed by atoms with Crippen LogP contribution in [-0.4, -0.2) is 57.6 Å². The molecule has 0 bridgehead atoms. The summed E-state index contributed by atoms with van der Waals surface area (Å²) in [6.45, 7) is 4.24. The third-order valence-corrected chi connectivity index (χ3v) is 5.96. The zero-order valence-electron chi connectivity index (χ0n) is 16.5. The van der Waals surface area contributed by atoms with Crippen molar-refractivity contribution < 1.29 is 19.1 Å². The number of anilines is 1. The van der Waals surface area contributed by atoms with Gasteiger partial charge in [-0.05, 0) is 31.5 Å². The predicted molar refractivity (Wildman–Crippen MR) is 104 cm³/mol. The highest BCUT2D eigenvalue weighted by Crippen LogP contribution is 2.46. The lowest BCUT2D eigenvalue weighted by Crippen LogP contribution is -2.75. The molecule has 30 heavy (non-hydrogen) atoms. The Kier molecular flexibility index (Phi) is 4.07. The molecular formula is C20H20N6O4. The number of carbonyl (C=O) groups excluding carboxylic acids is 3. The van der Waals surface area contributed by atoms with Crippen LogP contribution in [0.5, 0.6) is 0 Å². The van der Waals surface area contributed by atoms with Crippen molar-refractivity contribution in [2.75, 3.05) is 11.4 Å². The first kappa shape index (κ1) is 18.6. The van der Waals surface area contributed by atoms with Crippen LogP contribution in [0.15, 0.2) is 30.7 Å². The second-order valence-corrected chi connectivity index (χ2v) is 7.91. The molecule has 3 aliphatic rings. The molecule has 2 fully saturated rings. The lowest BCUT2D eigenvalue weighted by atomic mass is 9.67. The average molecular weight is 408 g/mol. The molecule has 10 heteroatoms. The number of amides is 4. The number of ether oxygens (including phenoxy) is 1. The Morgan fingerprint density at radius 2 is 1.80 bits per heavy atom. The lowest BCUT2D eigenvalue weighted by Gasteiger charge is -2.54. The second-order valence-electron chi connectivity index (χ2n) is 7.91. The van der Waals surface area contributed by atoms with E-state index < -0.39 is 35.4 Å². The van der Waals surface area contributed by atoms with Gasteiger partial charge >= 0.3 is 6.03 Å². The van der Waals surface area contributed by atoms with Gasteiger partial charge in [-0.3, -0.25) is 20.2 Å². The number of urea groups is 1. The molecule has 0 aliphatic carbocycles. The van der Waals surface area contributed by atoms with Crippen LogP contribution < -0.4 is 15.5 Å². The molecule has 0 radical (unpaired) electrons. The minimum atomic E-state index is -1.52. The molecule has 0 unspecified atom stereocenters. The van der Waals surface area contributed by atoms with Crippen molar-refractivity contribution in [2.45, 2.75) is 38.5 Å². The highest BCUT2D eigenvalue weighted by atomic mass is 16.5. The summed E-state index contributed by atoms with van der Waals surface area (Å²) in [6.07, 6.45) is 4.51. The van der Waals surface area contributed by atoms with Crippen LogP contribution in [0.1, 0.15) is 19.4 Å². The molecule has 0 aromatic carbocycles. The summed E-state index contributed by atoms with van der Waals surface area (Å²) >= 11 is 0. The largest absolute Gasteiger partial charge is 0.372 e. The highest BCUT2D eigenvalue weighted by Gasteiger charge is 2.63. The fraction of sp³-hybridized carbons (Fsp3) is 0.400. The quantitative estimate of drug-likeness (QED) is 0.651. The number of fused-ring (bicyclic) bond motifs is 4. The lowest BCUT2D eigenvalue weighted by molar-refractivity contribution is -0.153. The van der Waals surface area contributed by atoms with E-state index in [0.29, 0.717) is 23.8 Å². The molecule has 3 atom stereocenters. The van der Waals surface area contributed by atoms with E-state index >= 15 is 0 Å². The number of carbonyl (C=O) groups is 3. The van der Waals surface area contributed by atoms with Crippen molar-refractivity contribution in [3.8, 4) is 11.4 Å².